The topological polar surface area (TPSA) is 47.3 Å². The Hall–Kier alpha value is -1.52. The minimum absolute atomic E-state index is 0.0906. The first-order chi connectivity index (χ1) is 13.2. The van der Waals surface area contributed by atoms with Gasteiger partial charge in [0.1, 0.15) is 5.54 Å². The molecule has 1 aromatic carbocycles. The zero-order valence-corrected chi connectivity index (χ0v) is 17.7. The fourth-order valence-electron chi connectivity index (χ4n) is 5.18. The van der Waals surface area contributed by atoms with Gasteiger partial charge in [0.25, 0.3) is 6.43 Å². The van der Waals surface area contributed by atoms with E-state index in [2.05, 4.69) is 26.9 Å². The molecule has 2 fully saturated rings. The number of hydrogen-bond donors (Lipinski definition) is 0. The van der Waals surface area contributed by atoms with Gasteiger partial charge in [0.15, 0.2) is 0 Å². The molecule has 0 N–H and O–H groups in total. The number of nitriles is 1. The number of carbonyl (C=O) groups excluding carboxylic acids is 1. The molecule has 3 aliphatic rings. The molecule has 150 valence electrons. The van der Waals surface area contributed by atoms with Gasteiger partial charge in [-0.25, -0.2) is 8.78 Å². The fraction of sp³-hybridized carbons (Fsp3) is 0.619. The molecular formula is C21H24BrF2N3O. The van der Waals surface area contributed by atoms with Crippen molar-refractivity contribution in [2.75, 3.05) is 18.0 Å². The minimum atomic E-state index is -2.65. The highest BCUT2D eigenvalue weighted by Gasteiger charge is 2.57. The maximum atomic E-state index is 13.7. The van der Waals surface area contributed by atoms with Gasteiger partial charge < -0.3 is 4.90 Å². The van der Waals surface area contributed by atoms with Crippen molar-refractivity contribution in [1.82, 2.24) is 4.90 Å². The summed E-state index contributed by atoms with van der Waals surface area (Å²) in [5.41, 5.74) is -0.640. The summed E-state index contributed by atoms with van der Waals surface area (Å²) in [4.78, 5) is 17.2. The van der Waals surface area contributed by atoms with Crippen LogP contribution in [-0.4, -0.2) is 35.5 Å². The molecule has 0 atom stereocenters. The molecule has 1 aliphatic carbocycles. The largest absolute Gasteiger partial charge is 0.308 e. The van der Waals surface area contributed by atoms with Gasteiger partial charge in [-0.3, -0.25) is 9.69 Å². The third-order valence-corrected chi connectivity index (χ3v) is 7.13. The highest BCUT2D eigenvalue weighted by atomic mass is 79.9. The predicted molar refractivity (Wildman–Crippen MR) is 106 cm³/mol. The van der Waals surface area contributed by atoms with E-state index in [0.717, 1.165) is 25.9 Å². The minimum Gasteiger partial charge on any atom is -0.308 e. The molecule has 28 heavy (non-hydrogen) atoms. The Balaban J connectivity index is 1.68. The van der Waals surface area contributed by atoms with E-state index in [4.69, 9.17) is 0 Å². The van der Waals surface area contributed by atoms with Crippen molar-refractivity contribution < 1.29 is 13.6 Å². The SMILES string of the molecule is CC1(C)C(=O)N(C2CC(C#N)(N3CCCCC3)C2)c2cc(Br)cc(C(F)F)c21. The van der Waals surface area contributed by atoms with Gasteiger partial charge in [0.2, 0.25) is 5.91 Å². The van der Waals surface area contributed by atoms with Crippen LogP contribution in [0, 0.1) is 11.3 Å². The van der Waals surface area contributed by atoms with Crippen LogP contribution in [0.15, 0.2) is 16.6 Å². The van der Waals surface area contributed by atoms with Crippen LogP contribution in [0.2, 0.25) is 0 Å². The number of benzene rings is 1. The van der Waals surface area contributed by atoms with Gasteiger partial charge >= 0.3 is 0 Å². The smallest absolute Gasteiger partial charge is 0.264 e. The standard InChI is InChI=1S/C21H24BrF2N3O/c1-20(2)17-15(18(23)24)8-13(22)9-16(17)27(19(20)28)14-10-21(11-14,12-25)26-6-4-3-5-7-26/h8-9,14,18H,3-7,10-11H2,1-2H3. The molecule has 1 saturated carbocycles. The first kappa shape index (κ1) is 19.8. The maximum Gasteiger partial charge on any atom is 0.264 e. The number of rotatable bonds is 3. The Labute approximate surface area is 172 Å². The summed E-state index contributed by atoms with van der Waals surface area (Å²) in [7, 11) is 0. The second-order valence-corrected chi connectivity index (χ2v) is 9.66. The van der Waals surface area contributed by atoms with Crippen LogP contribution in [0.5, 0.6) is 0 Å². The van der Waals surface area contributed by atoms with E-state index in [0.29, 0.717) is 28.6 Å². The summed E-state index contributed by atoms with van der Waals surface area (Å²) < 4.78 is 28.0. The van der Waals surface area contributed by atoms with Crippen LogP contribution in [0.25, 0.3) is 0 Å². The monoisotopic (exact) mass is 451 g/mol. The van der Waals surface area contributed by atoms with Crippen LogP contribution in [-0.2, 0) is 10.2 Å². The summed E-state index contributed by atoms with van der Waals surface area (Å²) in [6, 6.07) is 5.54. The molecule has 7 heteroatoms. The lowest BCUT2D eigenvalue weighted by Crippen LogP contribution is -2.64. The number of fused-ring (bicyclic) bond motifs is 1. The van der Waals surface area contributed by atoms with E-state index in [9.17, 15) is 18.8 Å². The maximum absolute atomic E-state index is 13.7. The molecule has 0 unspecified atom stereocenters. The summed E-state index contributed by atoms with van der Waals surface area (Å²) in [5.74, 6) is -0.155. The zero-order valence-electron chi connectivity index (χ0n) is 16.1. The number of piperidine rings is 1. The van der Waals surface area contributed by atoms with E-state index in [-0.39, 0.29) is 17.5 Å². The van der Waals surface area contributed by atoms with E-state index >= 15 is 0 Å². The summed E-state index contributed by atoms with van der Waals surface area (Å²) in [6.07, 6.45) is 1.88. The Morgan fingerprint density at radius 2 is 1.86 bits per heavy atom. The van der Waals surface area contributed by atoms with E-state index in [1.165, 1.54) is 12.5 Å². The average Bonchev–Trinajstić information content (AvgIpc) is 2.82. The number of alkyl halides is 2. The summed E-state index contributed by atoms with van der Waals surface area (Å²) in [6.45, 7) is 5.26. The number of nitrogens with zero attached hydrogens (tertiary/aromatic N) is 3. The molecule has 0 spiro atoms. The number of amides is 1. The summed E-state index contributed by atoms with van der Waals surface area (Å²) in [5, 5.41) is 9.87. The Kier molecular flexibility index (Phi) is 4.79. The molecular weight excluding hydrogens is 428 g/mol. The fourth-order valence-corrected chi connectivity index (χ4v) is 5.64. The molecule has 2 heterocycles. The van der Waals surface area contributed by atoms with Crippen LogP contribution >= 0.6 is 15.9 Å². The molecule has 0 aromatic heterocycles. The third-order valence-electron chi connectivity index (χ3n) is 6.67. The van der Waals surface area contributed by atoms with Crippen LogP contribution in [0.3, 0.4) is 0 Å². The number of hydrogen-bond acceptors (Lipinski definition) is 3. The van der Waals surface area contributed by atoms with Crippen molar-refractivity contribution in [2.45, 2.75) is 69.4 Å². The van der Waals surface area contributed by atoms with Gasteiger partial charge in [-0.15, -0.1) is 0 Å². The van der Waals surface area contributed by atoms with Crippen molar-refractivity contribution >= 4 is 27.5 Å². The molecule has 0 bridgehead atoms. The zero-order chi connectivity index (χ0) is 20.3. The second kappa shape index (κ2) is 6.77. The van der Waals surface area contributed by atoms with Crippen molar-refractivity contribution in [3.8, 4) is 6.07 Å². The van der Waals surface area contributed by atoms with E-state index in [1.54, 1.807) is 24.8 Å². The first-order valence-electron chi connectivity index (χ1n) is 9.83. The highest BCUT2D eigenvalue weighted by molar-refractivity contribution is 9.10. The van der Waals surface area contributed by atoms with Gasteiger partial charge in [-0.05, 0) is 57.5 Å². The highest BCUT2D eigenvalue weighted by Crippen LogP contribution is 2.52. The number of likely N-dealkylation sites (tertiary alicyclic amines) is 1. The van der Waals surface area contributed by atoms with E-state index < -0.39 is 17.4 Å². The van der Waals surface area contributed by atoms with Crippen molar-refractivity contribution in [2.24, 2.45) is 0 Å². The average molecular weight is 452 g/mol. The van der Waals surface area contributed by atoms with Gasteiger partial charge in [0.05, 0.1) is 11.5 Å². The number of carbonyl (C=O) groups is 1. The first-order valence-corrected chi connectivity index (χ1v) is 10.6. The van der Waals surface area contributed by atoms with Crippen LogP contribution in [0.4, 0.5) is 14.5 Å². The Morgan fingerprint density at radius 3 is 2.43 bits per heavy atom. The van der Waals surface area contributed by atoms with Crippen molar-refractivity contribution in [1.29, 1.82) is 5.26 Å². The van der Waals surface area contributed by atoms with Crippen molar-refractivity contribution in [3.63, 3.8) is 0 Å². The second-order valence-electron chi connectivity index (χ2n) is 8.74. The molecule has 4 rings (SSSR count). The normalized spacial score (nSPS) is 29.5. The van der Waals surface area contributed by atoms with Crippen molar-refractivity contribution in [3.05, 3.63) is 27.7 Å². The van der Waals surface area contributed by atoms with Crippen LogP contribution < -0.4 is 4.90 Å². The quantitative estimate of drug-likeness (QED) is 0.654. The summed E-state index contributed by atoms with van der Waals surface area (Å²) >= 11 is 3.32. The predicted octanol–water partition coefficient (Wildman–Crippen LogP) is 4.92. The van der Waals surface area contributed by atoms with Gasteiger partial charge in [-0.2, -0.15) is 5.26 Å². The number of halogens is 3. The molecule has 1 saturated heterocycles. The van der Waals surface area contributed by atoms with Gasteiger partial charge in [0, 0.05) is 34.6 Å². The lowest BCUT2D eigenvalue weighted by Gasteiger charge is -2.53. The number of anilines is 1. The van der Waals surface area contributed by atoms with Crippen LogP contribution in [0.1, 0.15) is 63.5 Å². The molecule has 2 aliphatic heterocycles. The lowest BCUT2D eigenvalue weighted by atomic mass is 9.70. The lowest BCUT2D eigenvalue weighted by molar-refractivity contribution is -0.123. The van der Waals surface area contributed by atoms with Gasteiger partial charge in [-0.1, -0.05) is 22.4 Å². The molecule has 1 amide bonds. The molecule has 4 nitrogen and oxygen atoms in total. The molecule has 0 radical (unpaired) electrons. The van der Waals surface area contributed by atoms with E-state index in [1.807, 2.05) is 0 Å². The Bertz CT molecular complexity index is 852. The Morgan fingerprint density at radius 1 is 1.21 bits per heavy atom. The molecule has 1 aromatic rings. The third kappa shape index (κ3) is 2.80.